The van der Waals surface area contributed by atoms with E-state index in [4.69, 9.17) is 0 Å². The standard InChI is InChI=1S/C20H21FN4/c1-14-3-5-16(6-4-14)12-22-19-11-20(25-15(2)24-19)23-13-17-7-9-18(21)10-8-17/h3-11H,12-13H2,1-2H3,(H2,22,23,24,25). The molecule has 25 heavy (non-hydrogen) atoms. The highest BCUT2D eigenvalue weighted by atomic mass is 19.1. The lowest BCUT2D eigenvalue weighted by molar-refractivity contribution is 0.627. The molecule has 0 unspecified atom stereocenters. The highest BCUT2D eigenvalue weighted by Gasteiger charge is 2.03. The first-order chi connectivity index (χ1) is 12.1. The number of nitrogens with zero attached hydrogens (tertiary/aromatic N) is 2. The Kier molecular flexibility index (Phi) is 5.23. The lowest BCUT2D eigenvalue weighted by atomic mass is 10.1. The molecule has 1 heterocycles. The topological polar surface area (TPSA) is 49.8 Å². The lowest BCUT2D eigenvalue weighted by Gasteiger charge is -2.10. The van der Waals surface area contributed by atoms with Crippen molar-refractivity contribution in [3.63, 3.8) is 0 Å². The van der Waals surface area contributed by atoms with E-state index in [1.807, 2.05) is 13.0 Å². The molecule has 0 fully saturated rings. The van der Waals surface area contributed by atoms with Crippen molar-refractivity contribution in [1.29, 1.82) is 0 Å². The fourth-order valence-corrected chi connectivity index (χ4v) is 2.44. The summed E-state index contributed by atoms with van der Waals surface area (Å²) in [5, 5.41) is 6.58. The van der Waals surface area contributed by atoms with Crippen LogP contribution in [0.3, 0.4) is 0 Å². The van der Waals surface area contributed by atoms with Crippen LogP contribution >= 0.6 is 0 Å². The zero-order chi connectivity index (χ0) is 17.6. The smallest absolute Gasteiger partial charge is 0.132 e. The fraction of sp³-hybridized carbons (Fsp3) is 0.200. The van der Waals surface area contributed by atoms with Gasteiger partial charge in [-0.2, -0.15) is 0 Å². The molecule has 0 aliphatic carbocycles. The molecule has 2 aromatic carbocycles. The highest BCUT2D eigenvalue weighted by Crippen LogP contribution is 2.14. The monoisotopic (exact) mass is 336 g/mol. The quantitative estimate of drug-likeness (QED) is 0.698. The van der Waals surface area contributed by atoms with E-state index in [2.05, 4.69) is 51.8 Å². The van der Waals surface area contributed by atoms with Crippen LogP contribution in [-0.2, 0) is 13.1 Å². The van der Waals surface area contributed by atoms with Crippen LogP contribution in [0.4, 0.5) is 16.0 Å². The van der Waals surface area contributed by atoms with Crippen molar-refractivity contribution in [2.24, 2.45) is 0 Å². The van der Waals surface area contributed by atoms with Crippen LogP contribution in [0.5, 0.6) is 0 Å². The van der Waals surface area contributed by atoms with Gasteiger partial charge in [0.05, 0.1) is 0 Å². The van der Waals surface area contributed by atoms with Gasteiger partial charge in [0.1, 0.15) is 23.3 Å². The van der Waals surface area contributed by atoms with Crippen molar-refractivity contribution < 1.29 is 4.39 Å². The molecular weight excluding hydrogens is 315 g/mol. The summed E-state index contributed by atoms with van der Waals surface area (Å²) >= 11 is 0. The van der Waals surface area contributed by atoms with Crippen LogP contribution in [-0.4, -0.2) is 9.97 Å². The Morgan fingerprint density at radius 1 is 0.760 bits per heavy atom. The van der Waals surface area contributed by atoms with Crippen LogP contribution in [0, 0.1) is 19.7 Å². The Labute approximate surface area is 147 Å². The first-order valence-corrected chi connectivity index (χ1v) is 8.22. The molecule has 128 valence electrons. The number of benzene rings is 2. The molecule has 2 N–H and O–H groups in total. The lowest BCUT2D eigenvalue weighted by Crippen LogP contribution is -2.07. The summed E-state index contributed by atoms with van der Waals surface area (Å²) in [6.45, 7) is 5.21. The minimum atomic E-state index is -0.232. The zero-order valence-corrected chi connectivity index (χ0v) is 14.4. The Hall–Kier alpha value is -2.95. The number of anilines is 2. The van der Waals surface area contributed by atoms with E-state index in [1.165, 1.54) is 23.3 Å². The molecule has 1 aromatic heterocycles. The molecule has 3 rings (SSSR count). The van der Waals surface area contributed by atoms with Gasteiger partial charge in [-0.25, -0.2) is 14.4 Å². The Morgan fingerprint density at radius 3 is 1.76 bits per heavy atom. The normalized spacial score (nSPS) is 10.5. The molecule has 0 saturated carbocycles. The average Bonchev–Trinajstić information content (AvgIpc) is 2.60. The largest absolute Gasteiger partial charge is 0.366 e. The van der Waals surface area contributed by atoms with Gasteiger partial charge in [-0.05, 0) is 37.1 Å². The van der Waals surface area contributed by atoms with E-state index < -0.39 is 0 Å². The van der Waals surface area contributed by atoms with Gasteiger partial charge >= 0.3 is 0 Å². The van der Waals surface area contributed by atoms with Gasteiger partial charge < -0.3 is 10.6 Å². The second-order valence-corrected chi connectivity index (χ2v) is 6.00. The molecule has 0 bridgehead atoms. The van der Waals surface area contributed by atoms with Crippen molar-refractivity contribution in [2.45, 2.75) is 26.9 Å². The van der Waals surface area contributed by atoms with E-state index in [1.54, 1.807) is 12.1 Å². The minimum Gasteiger partial charge on any atom is -0.366 e. The van der Waals surface area contributed by atoms with Crippen LogP contribution < -0.4 is 10.6 Å². The van der Waals surface area contributed by atoms with E-state index in [0.717, 1.165) is 17.2 Å². The predicted molar refractivity (Wildman–Crippen MR) is 99.0 cm³/mol. The first kappa shape index (κ1) is 16.9. The van der Waals surface area contributed by atoms with Gasteiger partial charge in [-0.15, -0.1) is 0 Å². The van der Waals surface area contributed by atoms with Gasteiger partial charge in [-0.1, -0.05) is 42.0 Å². The molecule has 0 spiro atoms. The van der Waals surface area contributed by atoms with E-state index >= 15 is 0 Å². The van der Waals surface area contributed by atoms with Gasteiger partial charge in [0.25, 0.3) is 0 Å². The number of nitrogens with one attached hydrogen (secondary N) is 2. The average molecular weight is 336 g/mol. The summed E-state index contributed by atoms with van der Waals surface area (Å²) in [6, 6.07) is 16.7. The summed E-state index contributed by atoms with van der Waals surface area (Å²) in [5.41, 5.74) is 3.43. The van der Waals surface area contributed by atoms with E-state index in [-0.39, 0.29) is 5.82 Å². The first-order valence-electron chi connectivity index (χ1n) is 8.22. The maximum absolute atomic E-state index is 13.0. The second-order valence-electron chi connectivity index (χ2n) is 6.00. The molecule has 0 amide bonds. The van der Waals surface area contributed by atoms with Crippen LogP contribution in [0.1, 0.15) is 22.5 Å². The van der Waals surface area contributed by atoms with Crippen molar-refractivity contribution >= 4 is 11.6 Å². The number of hydrogen-bond acceptors (Lipinski definition) is 4. The number of hydrogen-bond donors (Lipinski definition) is 2. The third-order valence-electron chi connectivity index (χ3n) is 3.82. The molecule has 0 aliphatic heterocycles. The van der Waals surface area contributed by atoms with E-state index in [9.17, 15) is 4.39 Å². The summed E-state index contributed by atoms with van der Waals surface area (Å²) in [7, 11) is 0. The van der Waals surface area contributed by atoms with Crippen molar-refractivity contribution in [3.8, 4) is 0 Å². The Bertz CT molecular complexity index is 762. The maximum Gasteiger partial charge on any atom is 0.132 e. The van der Waals surface area contributed by atoms with Crippen LogP contribution in [0.2, 0.25) is 0 Å². The van der Waals surface area contributed by atoms with Crippen LogP contribution in [0.25, 0.3) is 0 Å². The minimum absolute atomic E-state index is 0.232. The zero-order valence-electron chi connectivity index (χ0n) is 14.4. The molecule has 0 radical (unpaired) electrons. The van der Waals surface area contributed by atoms with Gasteiger partial charge in [0.2, 0.25) is 0 Å². The van der Waals surface area contributed by atoms with Gasteiger partial charge in [0.15, 0.2) is 0 Å². The molecule has 3 aromatic rings. The number of aryl methyl sites for hydroxylation is 2. The SMILES string of the molecule is Cc1ccc(CNc2cc(NCc3ccc(F)cc3)nc(C)n2)cc1. The molecule has 4 nitrogen and oxygen atoms in total. The van der Waals surface area contributed by atoms with Crippen molar-refractivity contribution in [1.82, 2.24) is 9.97 Å². The van der Waals surface area contributed by atoms with Crippen molar-refractivity contribution in [3.05, 3.63) is 82.9 Å². The summed E-state index contributed by atoms with van der Waals surface area (Å²) in [6.07, 6.45) is 0. The van der Waals surface area contributed by atoms with Crippen molar-refractivity contribution in [2.75, 3.05) is 10.6 Å². The molecule has 0 aliphatic rings. The van der Waals surface area contributed by atoms with Gasteiger partial charge in [-0.3, -0.25) is 0 Å². The Morgan fingerprint density at radius 2 is 1.24 bits per heavy atom. The molecule has 0 saturated heterocycles. The third kappa shape index (κ3) is 5.01. The second kappa shape index (κ2) is 7.75. The molecule has 0 atom stereocenters. The third-order valence-corrected chi connectivity index (χ3v) is 3.82. The molecule has 5 heteroatoms. The summed E-state index contributed by atoms with van der Waals surface area (Å²) < 4.78 is 13.0. The predicted octanol–water partition coefficient (Wildman–Crippen LogP) is 4.46. The van der Waals surface area contributed by atoms with E-state index in [0.29, 0.717) is 18.9 Å². The van der Waals surface area contributed by atoms with Crippen LogP contribution in [0.15, 0.2) is 54.6 Å². The number of rotatable bonds is 6. The highest BCUT2D eigenvalue weighted by molar-refractivity contribution is 5.48. The summed E-state index contributed by atoms with van der Waals surface area (Å²) in [4.78, 5) is 8.82. The molecular formula is C20H21FN4. The number of aromatic nitrogens is 2. The van der Waals surface area contributed by atoms with Gasteiger partial charge in [0, 0.05) is 19.2 Å². The maximum atomic E-state index is 13.0. The summed E-state index contributed by atoms with van der Waals surface area (Å²) in [5.74, 6) is 1.97. The number of halogens is 1. The Balaban J connectivity index is 1.63. The fourth-order valence-electron chi connectivity index (χ4n) is 2.44.